The van der Waals surface area contributed by atoms with Crippen molar-refractivity contribution < 1.29 is 22.7 Å². The number of hydrogen-bond acceptors (Lipinski definition) is 4. The predicted octanol–water partition coefficient (Wildman–Crippen LogP) is 5.46. The molecule has 0 aliphatic carbocycles. The van der Waals surface area contributed by atoms with Gasteiger partial charge in [0.15, 0.2) is 5.13 Å². The standard InChI is InChI=1S/C17H10ClF3N2O2S/c18-9-5-6-12(19)11(7-9)15(24)23-17-22-13(8-26-17)10-3-1-2-4-14(10)25-16(20)21/h1-8,16H,(H,22,23,24). The lowest BCUT2D eigenvalue weighted by Crippen LogP contribution is -2.13. The number of anilines is 1. The third kappa shape index (κ3) is 4.14. The number of thiazole rings is 1. The number of ether oxygens (including phenoxy) is 1. The van der Waals surface area contributed by atoms with Gasteiger partial charge >= 0.3 is 6.61 Å². The van der Waals surface area contributed by atoms with Crippen molar-refractivity contribution in [2.24, 2.45) is 0 Å². The van der Waals surface area contributed by atoms with E-state index in [2.05, 4.69) is 15.0 Å². The Labute approximate surface area is 155 Å². The van der Waals surface area contributed by atoms with E-state index in [0.717, 1.165) is 17.4 Å². The molecule has 134 valence electrons. The fourth-order valence-corrected chi connectivity index (χ4v) is 3.05. The highest BCUT2D eigenvalue weighted by Gasteiger charge is 2.16. The molecule has 0 aliphatic heterocycles. The van der Waals surface area contributed by atoms with Crippen LogP contribution in [0.25, 0.3) is 11.3 Å². The van der Waals surface area contributed by atoms with Gasteiger partial charge in [-0.3, -0.25) is 10.1 Å². The molecule has 1 N–H and O–H groups in total. The van der Waals surface area contributed by atoms with Crippen LogP contribution in [0, 0.1) is 5.82 Å². The van der Waals surface area contributed by atoms with E-state index in [4.69, 9.17) is 11.6 Å². The Kier molecular flexibility index (Phi) is 5.43. The summed E-state index contributed by atoms with van der Waals surface area (Å²) in [5.74, 6) is -1.48. The lowest BCUT2D eigenvalue weighted by atomic mass is 10.1. The van der Waals surface area contributed by atoms with E-state index < -0.39 is 18.3 Å². The molecule has 0 saturated carbocycles. The summed E-state index contributed by atoms with van der Waals surface area (Å²) < 4.78 is 43.2. The molecule has 0 fully saturated rings. The van der Waals surface area contributed by atoms with Crippen LogP contribution in [0.1, 0.15) is 10.4 Å². The Bertz CT molecular complexity index is 949. The molecule has 0 aliphatic rings. The highest BCUT2D eigenvalue weighted by atomic mass is 35.5. The van der Waals surface area contributed by atoms with Gasteiger partial charge in [-0.1, -0.05) is 23.7 Å². The van der Waals surface area contributed by atoms with Crippen LogP contribution >= 0.6 is 22.9 Å². The molecule has 0 atom stereocenters. The van der Waals surface area contributed by atoms with E-state index in [1.54, 1.807) is 23.6 Å². The number of halogens is 4. The van der Waals surface area contributed by atoms with Crippen molar-refractivity contribution in [1.29, 1.82) is 0 Å². The Morgan fingerprint density at radius 3 is 2.77 bits per heavy atom. The molecule has 3 rings (SSSR count). The van der Waals surface area contributed by atoms with Crippen molar-refractivity contribution in [3.63, 3.8) is 0 Å². The van der Waals surface area contributed by atoms with Crippen LogP contribution in [-0.4, -0.2) is 17.5 Å². The largest absolute Gasteiger partial charge is 0.434 e. The molecule has 2 aromatic carbocycles. The van der Waals surface area contributed by atoms with Gasteiger partial charge in [-0.15, -0.1) is 11.3 Å². The van der Waals surface area contributed by atoms with Gasteiger partial charge in [0.1, 0.15) is 11.6 Å². The van der Waals surface area contributed by atoms with Gasteiger partial charge in [-0.2, -0.15) is 8.78 Å². The molecular weight excluding hydrogens is 389 g/mol. The van der Waals surface area contributed by atoms with Crippen LogP contribution < -0.4 is 10.1 Å². The first-order chi connectivity index (χ1) is 12.4. The van der Waals surface area contributed by atoms with Crippen molar-refractivity contribution in [1.82, 2.24) is 4.98 Å². The van der Waals surface area contributed by atoms with Gasteiger partial charge in [0.05, 0.1) is 11.3 Å². The molecule has 4 nitrogen and oxygen atoms in total. The average Bonchev–Trinajstić information content (AvgIpc) is 3.05. The third-order valence-electron chi connectivity index (χ3n) is 3.28. The van der Waals surface area contributed by atoms with Crippen molar-refractivity contribution >= 4 is 34.0 Å². The quantitative estimate of drug-likeness (QED) is 0.621. The maximum absolute atomic E-state index is 13.7. The number of nitrogens with one attached hydrogen (secondary N) is 1. The molecular formula is C17H10ClF3N2O2S. The number of hydrogen-bond donors (Lipinski definition) is 1. The lowest BCUT2D eigenvalue weighted by Gasteiger charge is -2.08. The highest BCUT2D eigenvalue weighted by molar-refractivity contribution is 7.14. The highest BCUT2D eigenvalue weighted by Crippen LogP contribution is 2.33. The number of alkyl halides is 2. The second-order valence-corrected chi connectivity index (χ2v) is 6.29. The first kappa shape index (κ1) is 18.2. The summed E-state index contributed by atoms with van der Waals surface area (Å²) in [6, 6.07) is 9.77. The van der Waals surface area contributed by atoms with E-state index >= 15 is 0 Å². The number of rotatable bonds is 5. The van der Waals surface area contributed by atoms with E-state index in [0.29, 0.717) is 11.3 Å². The van der Waals surface area contributed by atoms with E-state index in [-0.39, 0.29) is 21.5 Å². The zero-order valence-electron chi connectivity index (χ0n) is 12.9. The summed E-state index contributed by atoms with van der Waals surface area (Å²) >= 11 is 6.84. The van der Waals surface area contributed by atoms with Crippen molar-refractivity contribution in [3.8, 4) is 17.0 Å². The Morgan fingerprint density at radius 1 is 1.23 bits per heavy atom. The Balaban J connectivity index is 1.83. The monoisotopic (exact) mass is 398 g/mol. The van der Waals surface area contributed by atoms with E-state index in [9.17, 15) is 18.0 Å². The second-order valence-electron chi connectivity index (χ2n) is 4.99. The van der Waals surface area contributed by atoms with Crippen LogP contribution in [0.3, 0.4) is 0 Å². The van der Waals surface area contributed by atoms with Gasteiger partial charge in [0.2, 0.25) is 0 Å². The zero-order chi connectivity index (χ0) is 18.7. The zero-order valence-corrected chi connectivity index (χ0v) is 14.5. The number of aromatic nitrogens is 1. The maximum Gasteiger partial charge on any atom is 0.387 e. The van der Waals surface area contributed by atoms with Gasteiger partial charge in [0.25, 0.3) is 5.91 Å². The summed E-state index contributed by atoms with van der Waals surface area (Å²) in [6.07, 6.45) is 0. The summed E-state index contributed by atoms with van der Waals surface area (Å²) in [5.41, 5.74) is 0.460. The SMILES string of the molecule is O=C(Nc1nc(-c2ccccc2OC(F)F)cs1)c1cc(Cl)ccc1F. The maximum atomic E-state index is 13.7. The molecule has 0 radical (unpaired) electrons. The topological polar surface area (TPSA) is 51.2 Å². The first-order valence-electron chi connectivity index (χ1n) is 7.20. The number of nitrogens with zero attached hydrogens (tertiary/aromatic N) is 1. The average molecular weight is 399 g/mol. The van der Waals surface area contributed by atoms with Crippen LogP contribution in [-0.2, 0) is 0 Å². The van der Waals surface area contributed by atoms with Crippen molar-refractivity contribution in [3.05, 3.63) is 64.2 Å². The Hall–Kier alpha value is -2.58. The lowest BCUT2D eigenvalue weighted by molar-refractivity contribution is -0.0494. The molecule has 1 aromatic heterocycles. The van der Waals surface area contributed by atoms with Crippen LogP contribution in [0.15, 0.2) is 47.8 Å². The van der Waals surface area contributed by atoms with Gasteiger partial charge < -0.3 is 4.74 Å². The van der Waals surface area contributed by atoms with Crippen LogP contribution in [0.2, 0.25) is 5.02 Å². The van der Waals surface area contributed by atoms with Gasteiger partial charge in [0, 0.05) is 16.0 Å². The number of carbonyl (C=O) groups excluding carboxylic acids is 1. The molecule has 0 saturated heterocycles. The molecule has 3 aromatic rings. The fourth-order valence-electron chi connectivity index (χ4n) is 2.17. The Morgan fingerprint density at radius 2 is 2.00 bits per heavy atom. The minimum Gasteiger partial charge on any atom is -0.434 e. The van der Waals surface area contributed by atoms with Gasteiger partial charge in [-0.05, 0) is 30.3 Å². The van der Waals surface area contributed by atoms with Crippen molar-refractivity contribution in [2.75, 3.05) is 5.32 Å². The third-order valence-corrected chi connectivity index (χ3v) is 4.27. The molecule has 1 amide bonds. The number of benzene rings is 2. The number of carbonyl (C=O) groups is 1. The van der Waals surface area contributed by atoms with E-state index in [1.807, 2.05) is 0 Å². The number of para-hydroxylation sites is 1. The first-order valence-corrected chi connectivity index (χ1v) is 8.46. The molecule has 1 heterocycles. The second kappa shape index (κ2) is 7.76. The summed E-state index contributed by atoms with van der Waals surface area (Å²) in [7, 11) is 0. The summed E-state index contributed by atoms with van der Waals surface area (Å²) in [5, 5.41) is 4.42. The minimum atomic E-state index is -2.97. The molecule has 0 bridgehead atoms. The van der Waals surface area contributed by atoms with E-state index in [1.165, 1.54) is 18.2 Å². The normalized spacial score (nSPS) is 10.8. The summed E-state index contributed by atoms with van der Waals surface area (Å²) in [6.45, 7) is -2.97. The molecule has 9 heteroatoms. The fraction of sp³-hybridized carbons (Fsp3) is 0.0588. The molecule has 0 spiro atoms. The van der Waals surface area contributed by atoms with Crippen molar-refractivity contribution in [2.45, 2.75) is 6.61 Å². The summed E-state index contributed by atoms with van der Waals surface area (Å²) in [4.78, 5) is 16.4. The smallest absolute Gasteiger partial charge is 0.387 e. The minimum absolute atomic E-state index is 0.0356. The van der Waals surface area contributed by atoms with Crippen LogP contribution in [0.4, 0.5) is 18.3 Å². The van der Waals surface area contributed by atoms with Gasteiger partial charge in [-0.25, -0.2) is 9.37 Å². The van der Waals surface area contributed by atoms with Crippen LogP contribution in [0.5, 0.6) is 5.75 Å². The predicted molar refractivity (Wildman–Crippen MR) is 93.5 cm³/mol. The molecule has 26 heavy (non-hydrogen) atoms. The molecule has 0 unspecified atom stereocenters. The number of amides is 1.